The van der Waals surface area contributed by atoms with Gasteiger partial charge >= 0.3 is 6.09 Å². The van der Waals surface area contributed by atoms with Crippen molar-refractivity contribution in [2.75, 3.05) is 26.9 Å². The Balaban J connectivity index is 2.60. The van der Waals surface area contributed by atoms with Crippen LogP contribution in [0, 0.1) is 0 Å². The zero-order chi connectivity index (χ0) is 11.7. The molecule has 0 saturated carbocycles. The molecule has 1 aliphatic heterocycles. The number of aliphatic hydroxyl groups is 1. The summed E-state index contributed by atoms with van der Waals surface area (Å²) in [5.74, 6) is 0. The quantitative estimate of drug-likeness (QED) is 0.736. The molecule has 5 nitrogen and oxygen atoms in total. The molecule has 5 heteroatoms. The lowest BCUT2D eigenvalue weighted by Gasteiger charge is -2.46. The Morgan fingerprint density at radius 2 is 2.07 bits per heavy atom. The lowest BCUT2D eigenvalue weighted by molar-refractivity contribution is -0.148. The molecule has 88 valence electrons. The smallest absolute Gasteiger partial charge is 0.410 e. The molecule has 1 N–H and O–H groups in total. The van der Waals surface area contributed by atoms with E-state index in [0.717, 1.165) is 0 Å². The van der Waals surface area contributed by atoms with Gasteiger partial charge in [0.2, 0.25) is 0 Å². The zero-order valence-electron chi connectivity index (χ0n) is 9.74. The highest BCUT2D eigenvalue weighted by atomic mass is 16.6. The Kier molecular flexibility index (Phi) is 3.25. The van der Waals surface area contributed by atoms with Crippen molar-refractivity contribution in [1.82, 2.24) is 4.90 Å². The van der Waals surface area contributed by atoms with Crippen LogP contribution in [0.4, 0.5) is 4.79 Å². The standard InChI is InChI=1S/C10H19NO4/c1-9(2,3)15-8(13)11(4)10(5-12)6-14-7-10/h12H,5-7H2,1-4H3. The Morgan fingerprint density at radius 1 is 1.53 bits per heavy atom. The normalized spacial score (nSPS) is 19.3. The summed E-state index contributed by atoms with van der Waals surface area (Å²) in [5.41, 5.74) is -1.12. The van der Waals surface area contributed by atoms with Gasteiger partial charge in [-0.05, 0) is 20.8 Å². The molecule has 1 aliphatic rings. The molecule has 1 amide bonds. The van der Waals surface area contributed by atoms with Gasteiger partial charge in [-0.1, -0.05) is 0 Å². The summed E-state index contributed by atoms with van der Waals surface area (Å²) in [4.78, 5) is 13.1. The number of hydrogen-bond donors (Lipinski definition) is 1. The molecule has 0 bridgehead atoms. The molecular weight excluding hydrogens is 198 g/mol. The summed E-state index contributed by atoms with van der Waals surface area (Å²) < 4.78 is 10.2. The monoisotopic (exact) mass is 217 g/mol. The zero-order valence-corrected chi connectivity index (χ0v) is 9.74. The van der Waals surface area contributed by atoms with Gasteiger partial charge in [0.25, 0.3) is 0 Å². The number of rotatable bonds is 2. The van der Waals surface area contributed by atoms with Crippen molar-refractivity contribution in [3.8, 4) is 0 Å². The number of hydrogen-bond acceptors (Lipinski definition) is 4. The van der Waals surface area contributed by atoms with Crippen LogP contribution in [0.15, 0.2) is 0 Å². The van der Waals surface area contributed by atoms with Crippen molar-refractivity contribution < 1.29 is 19.4 Å². The lowest BCUT2D eigenvalue weighted by Crippen LogP contribution is -2.65. The molecule has 0 atom stereocenters. The molecular formula is C10H19NO4. The lowest BCUT2D eigenvalue weighted by atomic mass is 9.97. The highest BCUT2D eigenvalue weighted by molar-refractivity contribution is 5.69. The maximum Gasteiger partial charge on any atom is 0.410 e. The summed E-state index contributed by atoms with van der Waals surface area (Å²) in [5, 5.41) is 9.22. The van der Waals surface area contributed by atoms with E-state index in [1.165, 1.54) is 4.90 Å². The first kappa shape index (κ1) is 12.3. The Bertz CT molecular complexity index is 237. The van der Waals surface area contributed by atoms with Crippen LogP contribution in [0.2, 0.25) is 0 Å². The third-order valence-electron chi connectivity index (χ3n) is 2.41. The van der Waals surface area contributed by atoms with Gasteiger partial charge in [0, 0.05) is 7.05 Å². The van der Waals surface area contributed by atoms with Gasteiger partial charge < -0.3 is 14.6 Å². The molecule has 1 heterocycles. The van der Waals surface area contributed by atoms with Crippen molar-refractivity contribution >= 4 is 6.09 Å². The fourth-order valence-corrected chi connectivity index (χ4v) is 1.25. The predicted molar refractivity (Wildman–Crippen MR) is 54.6 cm³/mol. The van der Waals surface area contributed by atoms with Gasteiger partial charge in [-0.15, -0.1) is 0 Å². The van der Waals surface area contributed by atoms with Crippen LogP contribution in [0.1, 0.15) is 20.8 Å². The Hall–Kier alpha value is -0.810. The molecule has 1 saturated heterocycles. The first-order chi connectivity index (χ1) is 6.81. The number of carbonyl (C=O) groups excluding carboxylic acids is 1. The second-order valence-corrected chi connectivity index (χ2v) is 4.91. The van der Waals surface area contributed by atoms with Gasteiger partial charge in [-0.3, -0.25) is 4.90 Å². The van der Waals surface area contributed by atoms with Crippen LogP contribution in [-0.2, 0) is 9.47 Å². The first-order valence-corrected chi connectivity index (χ1v) is 4.96. The second kappa shape index (κ2) is 3.98. The summed E-state index contributed by atoms with van der Waals surface area (Å²) in [7, 11) is 1.62. The number of nitrogens with zero attached hydrogens (tertiary/aromatic N) is 1. The molecule has 0 radical (unpaired) electrons. The number of carbonyl (C=O) groups is 1. The third kappa shape index (κ3) is 2.60. The van der Waals surface area contributed by atoms with Crippen LogP contribution < -0.4 is 0 Å². The van der Waals surface area contributed by atoms with Gasteiger partial charge in [-0.25, -0.2) is 4.79 Å². The van der Waals surface area contributed by atoms with E-state index in [1.807, 2.05) is 20.8 Å². The van der Waals surface area contributed by atoms with Gasteiger partial charge in [-0.2, -0.15) is 0 Å². The van der Waals surface area contributed by atoms with Crippen molar-refractivity contribution in [2.45, 2.75) is 31.9 Å². The van der Waals surface area contributed by atoms with Crippen molar-refractivity contribution in [1.29, 1.82) is 0 Å². The summed E-state index contributed by atoms with van der Waals surface area (Å²) >= 11 is 0. The maximum absolute atomic E-state index is 11.7. The summed E-state index contributed by atoms with van der Waals surface area (Å²) in [6.07, 6.45) is -0.431. The minimum Gasteiger partial charge on any atom is -0.444 e. The fourth-order valence-electron chi connectivity index (χ4n) is 1.25. The number of ether oxygens (including phenoxy) is 2. The third-order valence-corrected chi connectivity index (χ3v) is 2.41. The van der Waals surface area contributed by atoms with E-state index in [4.69, 9.17) is 9.47 Å². The molecule has 0 aromatic rings. The minimum absolute atomic E-state index is 0.108. The van der Waals surface area contributed by atoms with E-state index < -0.39 is 17.2 Å². The molecule has 1 fully saturated rings. The minimum atomic E-state index is -0.595. The fraction of sp³-hybridized carbons (Fsp3) is 0.900. The first-order valence-electron chi connectivity index (χ1n) is 4.96. The highest BCUT2D eigenvalue weighted by Crippen LogP contribution is 2.25. The molecule has 0 spiro atoms. The van der Waals surface area contributed by atoms with E-state index in [1.54, 1.807) is 7.05 Å². The maximum atomic E-state index is 11.7. The molecule has 1 rings (SSSR count). The molecule has 15 heavy (non-hydrogen) atoms. The largest absolute Gasteiger partial charge is 0.444 e. The van der Waals surface area contributed by atoms with Crippen LogP contribution >= 0.6 is 0 Å². The summed E-state index contributed by atoms with van der Waals surface area (Å²) in [6, 6.07) is 0. The van der Waals surface area contributed by atoms with Gasteiger partial charge in [0.05, 0.1) is 19.8 Å². The van der Waals surface area contributed by atoms with Crippen molar-refractivity contribution in [3.05, 3.63) is 0 Å². The van der Waals surface area contributed by atoms with E-state index in [-0.39, 0.29) is 6.61 Å². The molecule has 0 aromatic heterocycles. The number of amides is 1. The molecule has 0 unspecified atom stereocenters. The Morgan fingerprint density at radius 3 is 2.33 bits per heavy atom. The number of aliphatic hydroxyl groups excluding tert-OH is 1. The topological polar surface area (TPSA) is 59.0 Å². The van der Waals surface area contributed by atoms with Gasteiger partial charge in [0.1, 0.15) is 11.1 Å². The van der Waals surface area contributed by atoms with E-state index in [0.29, 0.717) is 13.2 Å². The average Bonchev–Trinajstić information content (AvgIpc) is 1.99. The van der Waals surface area contributed by atoms with Crippen LogP contribution in [-0.4, -0.2) is 54.1 Å². The second-order valence-electron chi connectivity index (χ2n) is 4.91. The summed E-state index contributed by atoms with van der Waals surface area (Å²) in [6.45, 7) is 6.03. The van der Waals surface area contributed by atoms with Gasteiger partial charge in [0.15, 0.2) is 0 Å². The van der Waals surface area contributed by atoms with Crippen LogP contribution in [0.3, 0.4) is 0 Å². The Labute approximate surface area is 90.0 Å². The molecule has 0 aromatic carbocycles. The number of likely N-dealkylation sites (N-methyl/N-ethyl adjacent to an activating group) is 1. The SMILES string of the molecule is CN(C(=O)OC(C)(C)C)C1(CO)COC1. The highest BCUT2D eigenvalue weighted by Gasteiger charge is 2.45. The van der Waals surface area contributed by atoms with Crippen LogP contribution in [0.25, 0.3) is 0 Å². The molecule has 0 aliphatic carbocycles. The van der Waals surface area contributed by atoms with E-state index in [2.05, 4.69) is 0 Å². The average molecular weight is 217 g/mol. The van der Waals surface area contributed by atoms with Crippen molar-refractivity contribution in [3.63, 3.8) is 0 Å². The van der Waals surface area contributed by atoms with Crippen molar-refractivity contribution in [2.24, 2.45) is 0 Å². The van der Waals surface area contributed by atoms with E-state index >= 15 is 0 Å². The van der Waals surface area contributed by atoms with Crippen LogP contribution in [0.5, 0.6) is 0 Å². The van der Waals surface area contributed by atoms with E-state index in [9.17, 15) is 9.90 Å². The predicted octanol–water partition coefficient (Wildman–Crippen LogP) is 0.615.